The van der Waals surface area contributed by atoms with Gasteiger partial charge in [-0.05, 0) is 36.5 Å². The molecule has 0 spiro atoms. The monoisotopic (exact) mass is 384 g/mol. The Morgan fingerprint density at radius 3 is 2.74 bits per heavy atom. The largest absolute Gasteiger partial charge is 0.390 e. The summed E-state index contributed by atoms with van der Waals surface area (Å²) >= 11 is 3.14. The molecule has 0 fully saturated rings. The number of hydrogen-bond acceptors (Lipinski definition) is 4. The van der Waals surface area contributed by atoms with E-state index in [2.05, 4.69) is 26.3 Å². The molecular weight excluding hydrogens is 371 g/mol. The summed E-state index contributed by atoms with van der Waals surface area (Å²) in [5.41, 5.74) is 0.519. The van der Waals surface area contributed by atoms with Crippen molar-refractivity contribution in [1.82, 2.24) is 9.78 Å². The average molecular weight is 385 g/mol. The summed E-state index contributed by atoms with van der Waals surface area (Å²) in [6, 6.07) is 4.79. The Labute approximate surface area is 139 Å². The molecule has 0 aliphatic heterocycles. The minimum Gasteiger partial charge on any atom is -0.358 e. The fraction of sp³-hybridized carbons (Fsp3) is 0.286. The predicted octanol–water partition coefficient (Wildman–Crippen LogP) is 3.59. The first-order valence-corrected chi connectivity index (χ1v) is 7.59. The number of aromatic nitrogens is 2. The van der Waals surface area contributed by atoms with Crippen molar-refractivity contribution in [3.63, 3.8) is 0 Å². The second-order valence-electron chi connectivity index (χ2n) is 4.88. The second-order valence-corrected chi connectivity index (χ2v) is 5.80. The van der Waals surface area contributed by atoms with Crippen LogP contribution in [0.1, 0.15) is 25.1 Å². The van der Waals surface area contributed by atoms with Crippen LogP contribution in [0.3, 0.4) is 0 Å². The number of nitrogens with one attached hydrogen (secondary N) is 1. The van der Waals surface area contributed by atoms with Gasteiger partial charge in [-0.2, -0.15) is 4.68 Å². The minimum atomic E-state index is -0.772. The van der Waals surface area contributed by atoms with E-state index in [4.69, 9.17) is 0 Å². The molecule has 1 atom stereocenters. The van der Waals surface area contributed by atoms with Crippen molar-refractivity contribution in [1.29, 1.82) is 0 Å². The Kier molecular flexibility index (Phi) is 5.09. The molecule has 1 N–H and O–H groups in total. The maximum Gasteiger partial charge on any atom is 0.390 e. The van der Waals surface area contributed by atoms with Gasteiger partial charge in [0.15, 0.2) is 6.04 Å². The van der Waals surface area contributed by atoms with Crippen LogP contribution in [0.25, 0.3) is 0 Å². The Morgan fingerprint density at radius 2 is 2.22 bits per heavy atom. The van der Waals surface area contributed by atoms with Crippen LogP contribution in [0.15, 0.2) is 28.7 Å². The molecule has 23 heavy (non-hydrogen) atoms. The van der Waals surface area contributed by atoms with Crippen LogP contribution in [0, 0.1) is 22.9 Å². The number of halogens is 2. The van der Waals surface area contributed by atoms with E-state index in [1.165, 1.54) is 22.9 Å². The summed E-state index contributed by atoms with van der Waals surface area (Å²) in [6.45, 7) is 3.37. The number of carbonyl (C=O) groups is 1. The molecule has 122 valence electrons. The molecule has 2 aromatic rings. The minimum absolute atomic E-state index is 0.0379. The molecule has 0 aliphatic carbocycles. The van der Waals surface area contributed by atoms with Crippen molar-refractivity contribution in [2.24, 2.45) is 0 Å². The molecule has 7 nitrogen and oxygen atoms in total. The van der Waals surface area contributed by atoms with Crippen molar-refractivity contribution in [3.05, 3.63) is 50.4 Å². The highest BCUT2D eigenvalue weighted by molar-refractivity contribution is 9.10. The number of carbonyl (C=O) groups excluding carboxylic acids is 1. The predicted molar refractivity (Wildman–Crippen MR) is 85.7 cm³/mol. The Balaban J connectivity index is 2.26. The topological polar surface area (TPSA) is 90.1 Å². The Hall–Kier alpha value is -2.29. The van der Waals surface area contributed by atoms with E-state index in [1.54, 1.807) is 19.9 Å². The molecule has 0 saturated heterocycles. The van der Waals surface area contributed by atoms with Gasteiger partial charge in [0.2, 0.25) is 0 Å². The summed E-state index contributed by atoms with van der Waals surface area (Å²) in [4.78, 5) is 22.6. The van der Waals surface area contributed by atoms with Gasteiger partial charge >= 0.3 is 5.82 Å². The number of rotatable bonds is 5. The van der Waals surface area contributed by atoms with Crippen LogP contribution < -0.4 is 5.32 Å². The number of hydrogen-bond donors (Lipinski definition) is 1. The molecular formula is C14H14BrFN4O3. The zero-order valence-corrected chi connectivity index (χ0v) is 14.0. The van der Waals surface area contributed by atoms with Crippen molar-refractivity contribution in [2.75, 3.05) is 5.32 Å². The molecule has 0 radical (unpaired) electrons. The van der Waals surface area contributed by atoms with Crippen molar-refractivity contribution in [2.45, 2.75) is 26.3 Å². The zero-order valence-electron chi connectivity index (χ0n) is 12.4. The Morgan fingerprint density at radius 1 is 1.52 bits per heavy atom. The number of nitro groups is 1. The van der Waals surface area contributed by atoms with E-state index in [9.17, 15) is 19.3 Å². The third-order valence-electron chi connectivity index (χ3n) is 3.27. The lowest BCUT2D eigenvalue weighted by Gasteiger charge is -2.14. The van der Waals surface area contributed by atoms with Gasteiger partial charge in [0, 0.05) is 4.47 Å². The third-order valence-corrected chi connectivity index (χ3v) is 3.76. The van der Waals surface area contributed by atoms with Gasteiger partial charge in [0.05, 0.1) is 22.5 Å². The molecule has 9 heteroatoms. The van der Waals surface area contributed by atoms with Gasteiger partial charge in [0.25, 0.3) is 5.91 Å². The van der Waals surface area contributed by atoms with Crippen LogP contribution in [-0.4, -0.2) is 20.6 Å². The highest BCUT2D eigenvalue weighted by Gasteiger charge is 2.27. The molecule has 1 amide bonds. The van der Waals surface area contributed by atoms with Crippen molar-refractivity contribution >= 4 is 33.3 Å². The first-order valence-electron chi connectivity index (χ1n) is 6.80. The molecule has 0 bridgehead atoms. The van der Waals surface area contributed by atoms with Gasteiger partial charge in [0.1, 0.15) is 5.82 Å². The molecule has 1 unspecified atom stereocenters. The molecule has 1 heterocycles. The van der Waals surface area contributed by atoms with Crippen LogP contribution in [0.4, 0.5) is 15.9 Å². The molecule has 1 aromatic heterocycles. The smallest absolute Gasteiger partial charge is 0.358 e. The standard InChI is InChI=1S/C14H14BrFN4O3/c1-3-12(19-8(2)6-13(18-19)20(22)23)14(21)17-11-5-4-9(15)7-10(11)16/h4-7,12H,3H2,1-2H3,(H,17,21). The first-order chi connectivity index (χ1) is 10.8. The molecule has 0 saturated carbocycles. The van der Waals surface area contributed by atoms with Crippen molar-refractivity contribution < 1.29 is 14.1 Å². The maximum atomic E-state index is 13.8. The lowest BCUT2D eigenvalue weighted by atomic mass is 10.2. The number of anilines is 1. The van der Waals surface area contributed by atoms with Crippen LogP contribution in [-0.2, 0) is 4.79 Å². The molecule has 0 aliphatic rings. The van der Waals surface area contributed by atoms with Gasteiger partial charge in [-0.3, -0.25) is 4.79 Å². The van der Waals surface area contributed by atoms with E-state index < -0.39 is 22.7 Å². The summed E-state index contributed by atoms with van der Waals surface area (Å²) < 4.78 is 15.6. The number of benzene rings is 1. The first kappa shape index (κ1) is 17.1. The normalized spacial score (nSPS) is 12.0. The van der Waals surface area contributed by atoms with Gasteiger partial charge in [-0.25, -0.2) is 4.39 Å². The van der Waals surface area contributed by atoms with Crippen molar-refractivity contribution in [3.8, 4) is 0 Å². The third kappa shape index (κ3) is 3.73. The maximum absolute atomic E-state index is 13.8. The van der Waals surface area contributed by atoms with Gasteiger partial charge in [-0.15, -0.1) is 0 Å². The summed E-state index contributed by atoms with van der Waals surface area (Å²) in [6.07, 6.45) is 0.351. The molecule has 2 rings (SSSR count). The molecule has 1 aromatic carbocycles. The lowest BCUT2D eigenvalue weighted by Crippen LogP contribution is -2.27. The van der Waals surface area contributed by atoms with E-state index >= 15 is 0 Å². The van der Waals surface area contributed by atoms with E-state index in [1.807, 2.05) is 0 Å². The number of nitrogens with zero attached hydrogens (tertiary/aromatic N) is 3. The van der Waals surface area contributed by atoms with Gasteiger partial charge < -0.3 is 15.4 Å². The summed E-state index contributed by atoms with van der Waals surface area (Å²) in [7, 11) is 0. The lowest BCUT2D eigenvalue weighted by molar-refractivity contribution is -0.389. The Bertz CT molecular complexity index is 762. The highest BCUT2D eigenvalue weighted by Crippen LogP contribution is 2.23. The quantitative estimate of drug-likeness (QED) is 0.629. The summed E-state index contributed by atoms with van der Waals surface area (Å²) in [5.74, 6) is -1.40. The van der Waals surface area contributed by atoms with E-state index in [0.717, 1.165) is 0 Å². The fourth-order valence-electron chi connectivity index (χ4n) is 2.15. The van der Waals surface area contributed by atoms with Gasteiger partial charge in [-0.1, -0.05) is 22.9 Å². The van der Waals surface area contributed by atoms with E-state index in [0.29, 0.717) is 16.6 Å². The number of aryl methyl sites for hydroxylation is 1. The SMILES string of the molecule is CCC(C(=O)Nc1ccc(Br)cc1F)n1nc([N+](=O)[O-])cc1C. The second kappa shape index (κ2) is 6.86. The van der Waals surface area contributed by atoms with E-state index in [-0.39, 0.29) is 11.5 Å². The average Bonchev–Trinajstić information content (AvgIpc) is 2.85. The number of amides is 1. The van der Waals surface area contributed by atoms with Crippen LogP contribution in [0.2, 0.25) is 0 Å². The highest BCUT2D eigenvalue weighted by atomic mass is 79.9. The summed E-state index contributed by atoms with van der Waals surface area (Å²) in [5, 5.41) is 17.1. The van der Waals surface area contributed by atoms with Crippen LogP contribution in [0.5, 0.6) is 0 Å². The van der Waals surface area contributed by atoms with Crippen LogP contribution >= 0.6 is 15.9 Å². The zero-order chi connectivity index (χ0) is 17.1. The fourth-order valence-corrected chi connectivity index (χ4v) is 2.49.